The summed E-state index contributed by atoms with van der Waals surface area (Å²) in [4.78, 5) is 2.39. The maximum Gasteiger partial charge on any atom is 0.244 e. The van der Waals surface area contributed by atoms with Gasteiger partial charge in [-0.2, -0.15) is 0 Å². The second kappa shape index (κ2) is 6.80. The van der Waals surface area contributed by atoms with E-state index < -0.39 is 0 Å². The molecule has 1 aliphatic rings. The average molecular weight is 321 g/mol. The van der Waals surface area contributed by atoms with Gasteiger partial charge >= 0.3 is 0 Å². The Labute approximate surface area is 146 Å². The zero-order chi connectivity index (χ0) is 17.3. The summed E-state index contributed by atoms with van der Waals surface area (Å²) in [7, 11) is 0. The van der Waals surface area contributed by atoms with Crippen molar-refractivity contribution in [1.29, 1.82) is 0 Å². The minimum atomic E-state index is 0.527. The van der Waals surface area contributed by atoms with E-state index >= 15 is 0 Å². The second-order valence-corrected chi connectivity index (χ2v) is 7.38. The summed E-state index contributed by atoms with van der Waals surface area (Å²) >= 11 is 0. The van der Waals surface area contributed by atoms with E-state index in [-0.39, 0.29) is 0 Å². The van der Waals surface area contributed by atoms with Crippen LogP contribution in [0.25, 0.3) is 0 Å². The average Bonchev–Trinajstić information content (AvgIpc) is 3.03. The first-order chi connectivity index (χ1) is 11.5. The van der Waals surface area contributed by atoms with E-state index in [0.717, 1.165) is 13.1 Å². The van der Waals surface area contributed by atoms with E-state index in [2.05, 4.69) is 92.9 Å². The van der Waals surface area contributed by atoms with Gasteiger partial charge in [-0.05, 0) is 30.4 Å². The number of benzene rings is 2. The molecule has 0 spiro atoms. The van der Waals surface area contributed by atoms with Crippen molar-refractivity contribution in [1.82, 2.24) is 0 Å². The van der Waals surface area contributed by atoms with Crippen molar-refractivity contribution in [2.24, 2.45) is 0 Å². The fourth-order valence-corrected chi connectivity index (χ4v) is 3.58. The Morgan fingerprint density at radius 1 is 0.875 bits per heavy atom. The van der Waals surface area contributed by atoms with E-state index in [0.29, 0.717) is 11.8 Å². The van der Waals surface area contributed by atoms with Crippen LogP contribution in [0.5, 0.6) is 0 Å². The Morgan fingerprint density at radius 2 is 1.50 bits per heavy atom. The highest BCUT2D eigenvalue weighted by molar-refractivity contribution is 5.80. The molecular weight excluding hydrogens is 292 g/mol. The molecule has 0 amide bonds. The molecule has 1 heterocycles. The van der Waals surface area contributed by atoms with Crippen LogP contribution in [0.4, 0.5) is 11.4 Å². The van der Waals surface area contributed by atoms with Gasteiger partial charge in [0.2, 0.25) is 6.34 Å². The predicted octanol–water partition coefficient (Wildman–Crippen LogP) is 5.43. The summed E-state index contributed by atoms with van der Waals surface area (Å²) in [5, 5.41) is 0. The minimum absolute atomic E-state index is 0.527. The lowest BCUT2D eigenvalue weighted by Crippen LogP contribution is -2.18. The molecular formula is C22H29N2+. The van der Waals surface area contributed by atoms with Gasteiger partial charge in [0.1, 0.15) is 24.5 Å². The molecule has 0 N–H and O–H groups in total. The quantitative estimate of drug-likeness (QED) is 0.680. The van der Waals surface area contributed by atoms with E-state index in [1.54, 1.807) is 0 Å². The van der Waals surface area contributed by atoms with Crippen molar-refractivity contribution in [2.45, 2.75) is 46.5 Å². The van der Waals surface area contributed by atoms with Crippen LogP contribution in [-0.2, 0) is 0 Å². The predicted molar refractivity (Wildman–Crippen MR) is 104 cm³/mol. The molecule has 126 valence electrons. The molecule has 3 rings (SSSR count). The van der Waals surface area contributed by atoms with Crippen LogP contribution in [0.15, 0.2) is 42.5 Å². The van der Waals surface area contributed by atoms with Crippen molar-refractivity contribution in [3.8, 4) is 0 Å². The smallest absolute Gasteiger partial charge is 0.229 e. The second-order valence-electron chi connectivity index (χ2n) is 7.38. The van der Waals surface area contributed by atoms with E-state index in [1.165, 1.54) is 28.1 Å². The molecule has 24 heavy (non-hydrogen) atoms. The molecule has 0 bridgehead atoms. The van der Waals surface area contributed by atoms with E-state index in [9.17, 15) is 0 Å². The third-order valence-electron chi connectivity index (χ3n) is 4.92. The van der Waals surface area contributed by atoms with Gasteiger partial charge in [-0.25, -0.2) is 9.48 Å². The largest absolute Gasteiger partial charge is 0.244 e. The lowest BCUT2D eigenvalue weighted by Gasteiger charge is -2.17. The van der Waals surface area contributed by atoms with Gasteiger partial charge in [0.25, 0.3) is 0 Å². The maximum absolute atomic E-state index is 2.46. The molecule has 2 aromatic rings. The maximum atomic E-state index is 2.46. The normalized spacial score (nSPS) is 14.6. The number of hydrogen-bond acceptors (Lipinski definition) is 1. The number of anilines is 1. The summed E-state index contributed by atoms with van der Waals surface area (Å²) in [6.07, 6.45) is 2.30. The fraction of sp³-hybridized carbons (Fsp3) is 0.409. The molecule has 0 fully saturated rings. The molecule has 1 aliphatic heterocycles. The molecule has 0 atom stereocenters. The van der Waals surface area contributed by atoms with Crippen molar-refractivity contribution < 1.29 is 4.58 Å². The molecule has 0 aliphatic carbocycles. The topological polar surface area (TPSA) is 6.25 Å². The Bertz CT molecular complexity index is 730. The summed E-state index contributed by atoms with van der Waals surface area (Å²) in [5.41, 5.74) is 6.96. The van der Waals surface area contributed by atoms with Gasteiger partial charge < -0.3 is 0 Å². The van der Waals surface area contributed by atoms with Crippen LogP contribution in [0.1, 0.15) is 56.2 Å². The van der Waals surface area contributed by atoms with Gasteiger partial charge in [-0.1, -0.05) is 64.1 Å². The van der Waals surface area contributed by atoms with Crippen LogP contribution in [0, 0.1) is 6.92 Å². The van der Waals surface area contributed by atoms with Crippen molar-refractivity contribution in [2.75, 3.05) is 18.0 Å². The molecule has 0 unspecified atom stereocenters. The summed E-state index contributed by atoms with van der Waals surface area (Å²) in [6.45, 7) is 13.4. The first-order valence-corrected chi connectivity index (χ1v) is 9.05. The van der Waals surface area contributed by atoms with Crippen LogP contribution in [-0.4, -0.2) is 24.0 Å². The third kappa shape index (κ3) is 3.10. The zero-order valence-corrected chi connectivity index (χ0v) is 15.6. The highest BCUT2D eigenvalue weighted by Gasteiger charge is 2.28. The molecule has 0 saturated carbocycles. The van der Waals surface area contributed by atoms with Crippen LogP contribution >= 0.6 is 0 Å². The molecule has 2 aromatic carbocycles. The van der Waals surface area contributed by atoms with E-state index in [4.69, 9.17) is 0 Å². The fourth-order valence-electron chi connectivity index (χ4n) is 3.58. The lowest BCUT2D eigenvalue weighted by molar-refractivity contribution is -0.425. The highest BCUT2D eigenvalue weighted by atomic mass is 15.3. The Morgan fingerprint density at radius 3 is 2.08 bits per heavy atom. The number of nitrogens with zero attached hydrogens (tertiary/aromatic N) is 2. The number of rotatable bonds is 4. The minimum Gasteiger partial charge on any atom is -0.229 e. The van der Waals surface area contributed by atoms with Gasteiger partial charge in [-0.15, -0.1) is 0 Å². The molecule has 0 radical (unpaired) electrons. The Kier molecular flexibility index (Phi) is 4.75. The van der Waals surface area contributed by atoms with Crippen molar-refractivity contribution in [3.63, 3.8) is 0 Å². The highest BCUT2D eigenvalue weighted by Crippen LogP contribution is 2.35. The van der Waals surface area contributed by atoms with Crippen molar-refractivity contribution >= 4 is 17.7 Å². The Hall–Kier alpha value is -2.09. The zero-order valence-electron chi connectivity index (χ0n) is 15.6. The monoisotopic (exact) mass is 321 g/mol. The number of para-hydroxylation sites is 2. The van der Waals surface area contributed by atoms with Crippen molar-refractivity contribution in [3.05, 3.63) is 59.2 Å². The number of hydrogen-bond donors (Lipinski definition) is 0. The standard InChI is InChI=1S/C22H29N2/c1-16(2)19-10-8-11-20(17(3)4)22(19)24-14-13-23(15-24)21-12-7-6-9-18(21)5/h6-12,15-17H,13-14H2,1-5H3/q+1. The van der Waals surface area contributed by atoms with Crippen LogP contribution in [0.3, 0.4) is 0 Å². The molecule has 2 nitrogen and oxygen atoms in total. The summed E-state index contributed by atoms with van der Waals surface area (Å²) in [6, 6.07) is 15.4. The van der Waals surface area contributed by atoms with Crippen LogP contribution < -0.4 is 4.90 Å². The SMILES string of the molecule is Cc1ccccc1N1C=[N+](c2c(C(C)C)cccc2C(C)C)CC1. The summed E-state index contributed by atoms with van der Waals surface area (Å²) < 4.78 is 2.46. The Balaban J connectivity index is 2.07. The van der Waals surface area contributed by atoms with Gasteiger partial charge in [-0.3, -0.25) is 0 Å². The molecule has 2 heteroatoms. The van der Waals surface area contributed by atoms with Crippen LogP contribution in [0.2, 0.25) is 0 Å². The molecule has 0 saturated heterocycles. The number of aryl methyl sites for hydroxylation is 1. The van der Waals surface area contributed by atoms with Gasteiger partial charge in [0.05, 0.1) is 0 Å². The lowest BCUT2D eigenvalue weighted by atomic mass is 9.92. The van der Waals surface area contributed by atoms with Gasteiger partial charge in [0.15, 0.2) is 0 Å². The molecule has 0 aromatic heterocycles. The first kappa shape index (κ1) is 16.8. The third-order valence-corrected chi connectivity index (χ3v) is 4.92. The van der Waals surface area contributed by atoms with E-state index in [1.807, 2.05) is 0 Å². The van der Waals surface area contributed by atoms with Gasteiger partial charge in [0, 0.05) is 11.1 Å². The first-order valence-electron chi connectivity index (χ1n) is 9.05. The summed E-state index contributed by atoms with van der Waals surface area (Å²) in [5.74, 6) is 1.05.